The summed E-state index contributed by atoms with van der Waals surface area (Å²) < 4.78 is 33.7. The Morgan fingerprint density at radius 2 is 1.93 bits per heavy atom. The molecule has 0 aromatic heterocycles. The third-order valence-electron chi connectivity index (χ3n) is 5.23. The first kappa shape index (κ1) is 18.3. The van der Waals surface area contributed by atoms with Gasteiger partial charge in [-0.3, -0.25) is 9.79 Å². The van der Waals surface area contributed by atoms with Crippen molar-refractivity contribution in [3.05, 3.63) is 71.5 Å². The van der Waals surface area contributed by atoms with Gasteiger partial charge in [-0.1, -0.05) is 48.5 Å². The van der Waals surface area contributed by atoms with Crippen molar-refractivity contribution < 1.29 is 18.3 Å². The Morgan fingerprint density at radius 1 is 1.19 bits per heavy atom. The van der Waals surface area contributed by atoms with E-state index in [9.17, 15) is 13.6 Å². The van der Waals surface area contributed by atoms with Gasteiger partial charge in [0.15, 0.2) is 5.78 Å². The van der Waals surface area contributed by atoms with Crippen molar-refractivity contribution in [2.75, 3.05) is 19.0 Å². The second kappa shape index (κ2) is 7.52. The molecule has 4 rings (SSSR count). The number of hydrogen-bond acceptors (Lipinski definition) is 4. The lowest BCUT2D eigenvalue weighted by Gasteiger charge is -2.36. The standard InChI is InChI=1S/C21H19F2NO2S/c22-11-19-16-12-27-20(10-18(25)14-6-2-1-3-7-14)24-21(16,13-26-19)15-8-4-5-9-17(15)23/h1-9,16,19H,10-13H2/t16-,19-,21-/m1/s1. The molecular formula is C21H19F2NO2S. The third-order valence-corrected chi connectivity index (χ3v) is 6.33. The monoisotopic (exact) mass is 387 g/mol. The van der Waals surface area contributed by atoms with Crippen molar-refractivity contribution in [3.63, 3.8) is 0 Å². The highest BCUT2D eigenvalue weighted by molar-refractivity contribution is 8.14. The lowest BCUT2D eigenvalue weighted by molar-refractivity contribution is 0.0721. The topological polar surface area (TPSA) is 38.7 Å². The summed E-state index contributed by atoms with van der Waals surface area (Å²) in [6.45, 7) is -0.508. The van der Waals surface area contributed by atoms with E-state index in [0.717, 1.165) is 0 Å². The molecule has 0 radical (unpaired) electrons. The summed E-state index contributed by atoms with van der Waals surface area (Å²) in [5, 5.41) is 0.645. The molecule has 0 bridgehead atoms. The maximum absolute atomic E-state index is 14.6. The van der Waals surface area contributed by atoms with Gasteiger partial charge in [-0.25, -0.2) is 8.78 Å². The van der Waals surface area contributed by atoms with Crippen LogP contribution in [0.4, 0.5) is 8.78 Å². The van der Waals surface area contributed by atoms with Crippen LogP contribution in [0.15, 0.2) is 59.6 Å². The van der Waals surface area contributed by atoms with E-state index < -0.39 is 18.3 Å². The largest absolute Gasteiger partial charge is 0.372 e. The van der Waals surface area contributed by atoms with E-state index in [1.807, 2.05) is 18.2 Å². The molecule has 2 aliphatic rings. The predicted octanol–water partition coefficient (Wildman–Crippen LogP) is 4.42. The van der Waals surface area contributed by atoms with Crippen LogP contribution in [-0.2, 0) is 10.3 Å². The Morgan fingerprint density at radius 3 is 2.67 bits per heavy atom. The number of halogens is 2. The molecule has 6 heteroatoms. The minimum atomic E-state index is -0.973. The van der Waals surface area contributed by atoms with Crippen molar-refractivity contribution in [3.8, 4) is 0 Å². The second-order valence-corrected chi connectivity index (χ2v) is 7.89. The number of ketones is 1. The van der Waals surface area contributed by atoms with Crippen molar-refractivity contribution >= 4 is 22.6 Å². The van der Waals surface area contributed by atoms with Gasteiger partial charge in [0, 0.05) is 22.8 Å². The number of hydrogen-bond donors (Lipinski definition) is 0. The zero-order valence-corrected chi connectivity index (χ0v) is 15.4. The molecular weight excluding hydrogens is 368 g/mol. The molecule has 0 saturated carbocycles. The number of carbonyl (C=O) groups is 1. The molecule has 2 aromatic carbocycles. The van der Waals surface area contributed by atoms with Crippen LogP contribution < -0.4 is 0 Å². The highest BCUT2D eigenvalue weighted by atomic mass is 32.2. The maximum Gasteiger partial charge on any atom is 0.169 e. The molecule has 0 aliphatic carbocycles. The third kappa shape index (κ3) is 3.32. The number of benzene rings is 2. The van der Waals surface area contributed by atoms with Crippen molar-refractivity contribution in [1.82, 2.24) is 0 Å². The summed E-state index contributed by atoms with van der Waals surface area (Å²) in [6.07, 6.45) is -0.454. The number of rotatable bonds is 5. The van der Waals surface area contributed by atoms with E-state index in [1.54, 1.807) is 30.3 Å². The van der Waals surface area contributed by atoms with E-state index >= 15 is 0 Å². The second-order valence-electron chi connectivity index (χ2n) is 6.80. The van der Waals surface area contributed by atoms with Gasteiger partial charge in [0.2, 0.25) is 0 Å². The Balaban J connectivity index is 1.70. The molecule has 1 fully saturated rings. The van der Waals surface area contributed by atoms with Gasteiger partial charge in [-0.15, -0.1) is 11.8 Å². The molecule has 1 saturated heterocycles. The minimum absolute atomic E-state index is 0.0371. The summed E-state index contributed by atoms with van der Waals surface area (Å²) in [7, 11) is 0. The van der Waals surface area contributed by atoms with Gasteiger partial charge in [-0.05, 0) is 6.07 Å². The fraction of sp³-hybridized carbons (Fsp3) is 0.333. The number of ether oxygens (including phenoxy) is 1. The number of alkyl halides is 1. The summed E-state index contributed by atoms with van der Waals surface area (Å²) in [5.41, 5.74) is 0.0581. The van der Waals surface area contributed by atoms with Gasteiger partial charge in [0.1, 0.15) is 18.0 Å². The van der Waals surface area contributed by atoms with Crippen molar-refractivity contribution in [1.29, 1.82) is 0 Å². The first-order chi connectivity index (χ1) is 13.1. The highest BCUT2D eigenvalue weighted by Gasteiger charge is 2.54. The van der Waals surface area contributed by atoms with Gasteiger partial charge < -0.3 is 4.74 Å². The van der Waals surface area contributed by atoms with Crippen LogP contribution in [0.5, 0.6) is 0 Å². The Hall–Kier alpha value is -2.05. The average Bonchev–Trinajstić information content (AvgIpc) is 3.07. The van der Waals surface area contributed by atoms with Crippen LogP contribution in [0.3, 0.4) is 0 Å². The zero-order valence-electron chi connectivity index (χ0n) is 14.6. The molecule has 27 heavy (non-hydrogen) atoms. The lowest BCUT2D eigenvalue weighted by atomic mass is 9.79. The minimum Gasteiger partial charge on any atom is -0.372 e. The van der Waals surface area contributed by atoms with Crippen LogP contribution in [0.25, 0.3) is 0 Å². The number of fused-ring (bicyclic) bond motifs is 1. The molecule has 2 heterocycles. The molecule has 0 amide bonds. The normalized spacial score (nSPS) is 27.1. The van der Waals surface area contributed by atoms with Crippen LogP contribution >= 0.6 is 11.8 Å². The maximum atomic E-state index is 14.6. The first-order valence-corrected chi connectivity index (χ1v) is 9.85. The summed E-state index contributed by atoms with van der Waals surface area (Å²) in [6, 6.07) is 15.5. The van der Waals surface area contributed by atoms with E-state index in [0.29, 0.717) is 21.9 Å². The van der Waals surface area contributed by atoms with Crippen LogP contribution in [0, 0.1) is 11.7 Å². The molecule has 2 aromatic rings. The smallest absolute Gasteiger partial charge is 0.169 e. The van der Waals surface area contributed by atoms with Gasteiger partial charge >= 0.3 is 0 Å². The van der Waals surface area contributed by atoms with Crippen LogP contribution in [0.1, 0.15) is 22.3 Å². The summed E-state index contributed by atoms with van der Waals surface area (Å²) in [4.78, 5) is 17.4. The lowest BCUT2D eigenvalue weighted by Crippen LogP contribution is -2.41. The number of Topliss-reactive ketones (excluding diaryl/α,β-unsaturated/α-hetero) is 1. The fourth-order valence-corrected chi connectivity index (χ4v) is 5.14. The number of thioether (sulfide) groups is 1. The highest BCUT2D eigenvalue weighted by Crippen LogP contribution is 2.49. The Labute approximate surface area is 160 Å². The van der Waals surface area contributed by atoms with Gasteiger partial charge in [0.05, 0.1) is 24.2 Å². The molecule has 0 spiro atoms. The first-order valence-electron chi connectivity index (χ1n) is 8.86. The molecule has 2 aliphatic heterocycles. The number of aliphatic imine (C=N–C) groups is 1. The van der Waals surface area contributed by atoms with Crippen molar-refractivity contribution in [2.24, 2.45) is 10.9 Å². The average molecular weight is 387 g/mol. The van der Waals surface area contributed by atoms with E-state index in [2.05, 4.69) is 0 Å². The van der Waals surface area contributed by atoms with Crippen molar-refractivity contribution in [2.45, 2.75) is 18.1 Å². The molecule has 3 nitrogen and oxygen atoms in total. The van der Waals surface area contributed by atoms with Crippen LogP contribution in [0.2, 0.25) is 0 Å². The Kier molecular flexibility index (Phi) is 5.10. The van der Waals surface area contributed by atoms with Crippen LogP contribution in [-0.4, -0.2) is 36.0 Å². The van der Waals surface area contributed by atoms with Gasteiger partial charge in [0.25, 0.3) is 0 Å². The Bertz CT molecular complexity index is 873. The molecule has 3 atom stereocenters. The summed E-state index contributed by atoms with van der Waals surface area (Å²) in [5.74, 6) is -0.135. The van der Waals surface area contributed by atoms with E-state index in [-0.39, 0.29) is 30.5 Å². The zero-order chi connectivity index (χ0) is 18.9. The quantitative estimate of drug-likeness (QED) is 0.713. The van der Waals surface area contributed by atoms with E-state index in [4.69, 9.17) is 9.73 Å². The number of nitrogens with zero attached hydrogens (tertiary/aromatic N) is 1. The van der Waals surface area contributed by atoms with Gasteiger partial charge in [-0.2, -0.15) is 0 Å². The summed E-state index contributed by atoms with van der Waals surface area (Å²) >= 11 is 1.44. The molecule has 0 N–H and O–H groups in total. The molecule has 140 valence electrons. The SMILES string of the molecule is O=C(CC1=N[C@@]2(c3ccccc3F)CO[C@H](CF)[C@H]2CS1)c1ccccc1. The predicted molar refractivity (Wildman–Crippen MR) is 103 cm³/mol. The molecule has 0 unspecified atom stereocenters. The number of carbonyl (C=O) groups excluding carboxylic acids is 1. The fourth-order valence-electron chi connectivity index (χ4n) is 3.82. The van der Waals surface area contributed by atoms with E-state index in [1.165, 1.54) is 17.8 Å².